The molecule has 0 spiro atoms. The molecule has 0 saturated carbocycles. The zero-order valence-corrected chi connectivity index (χ0v) is 15.6. The molecule has 1 aromatic carbocycles. The van der Waals surface area contributed by atoms with Gasteiger partial charge in [-0.3, -0.25) is 4.79 Å². The lowest BCUT2D eigenvalue weighted by molar-refractivity contribution is -0.910. The topological polar surface area (TPSA) is 38.5 Å². The molecule has 3 rings (SSSR count). The molecule has 0 radical (unpaired) electrons. The molecule has 2 aromatic rings. The number of nitrogens with one attached hydrogen (secondary N) is 2. The first-order valence-corrected chi connectivity index (χ1v) is 9.50. The summed E-state index contributed by atoms with van der Waals surface area (Å²) in [5.41, 5.74) is 4.82. The Balaban J connectivity index is 1.72. The smallest absolute Gasteiger partial charge is 0.279 e. The standard InChI is InChI=1S/C21H29N3O/c1-4-16-9-6-10-17(5-2)21(16)22-20(25)15-24-14-8-12-19(24)18-11-7-13-23(18)3/h6-7,9-11,13,19H,4-5,8,12,14-15H2,1-3H3,(H,22,25)/p+1/t19-/m0/s1. The molecule has 0 bridgehead atoms. The molecule has 4 heteroatoms. The first kappa shape index (κ1) is 17.7. The number of aromatic nitrogens is 1. The summed E-state index contributed by atoms with van der Waals surface area (Å²) in [6, 6.07) is 11.0. The SMILES string of the molecule is CCc1cccc(CC)c1NC(=O)C[NH+]1CCC[C@H]1c1cccn1C. The quantitative estimate of drug-likeness (QED) is 0.833. The first-order valence-electron chi connectivity index (χ1n) is 9.50. The number of aryl methyl sites for hydroxylation is 3. The summed E-state index contributed by atoms with van der Waals surface area (Å²) in [6.45, 7) is 5.89. The van der Waals surface area contributed by atoms with E-state index in [1.807, 2.05) is 0 Å². The van der Waals surface area contributed by atoms with E-state index in [2.05, 4.69) is 67.3 Å². The Morgan fingerprint density at radius 2 is 1.92 bits per heavy atom. The van der Waals surface area contributed by atoms with Crippen LogP contribution in [0.3, 0.4) is 0 Å². The van der Waals surface area contributed by atoms with Gasteiger partial charge in [-0.15, -0.1) is 0 Å². The first-order chi connectivity index (χ1) is 12.1. The van der Waals surface area contributed by atoms with E-state index in [9.17, 15) is 4.79 Å². The third-order valence-corrected chi connectivity index (χ3v) is 5.48. The Labute approximate surface area is 150 Å². The zero-order chi connectivity index (χ0) is 17.8. The second-order valence-electron chi connectivity index (χ2n) is 7.03. The van der Waals surface area contributed by atoms with E-state index in [-0.39, 0.29) is 5.91 Å². The van der Waals surface area contributed by atoms with Crippen LogP contribution in [0, 0.1) is 0 Å². The van der Waals surface area contributed by atoms with Crippen molar-refractivity contribution in [2.45, 2.75) is 45.6 Å². The van der Waals surface area contributed by atoms with Crippen molar-refractivity contribution in [3.05, 3.63) is 53.3 Å². The van der Waals surface area contributed by atoms with E-state index < -0.39 is 0 Å². The molecule has 1 fully saturated rings. The molecule has 1 aliphatic rings. The van der Waals surface area contributed by atoms with Gasteiger partial charge in [0.15, 0.2) is 6.54 Å². The normalized spacial score (nSPS) is 20.0. The molecular formula is C21H30N3O+. The van der Waals surface area contributed by atoms with Crippen LogP contribution in [0.5, 0.6) is 0 Å². The third-order valence-electron chi connectivity index (χ3n) is 5.48. The predicted molar refractivity (Wildman–Crippen MR) is 102 cm³/mol. The Hall–Kier alpha value is -2.07. The highest BCUT2D eigenvalue weighted by molar-refractivity contribution is 5.93. The summed E-state index contributed by atoms with van der Waals surface area (Å²) in [6.07, 6.45) is 6.31. The lowest BCUT2D eigenvalue weighted by Crippen LogP contribution is -3.11. The zero-order valence-electron chi connectivity index (χ0n) is 15.6. The van der Waals surface area contributed by atoms with Crippen molar-refractivity contribution in [3.8, 4) is 0 Å². The van der Waals surface area contributed by atoms with Crippen molar-refractivity contribution >= 4 is 11.6 Å². The molecule has 2 atom stereocenters. The summed E-state index contributed by atoms with van der Waals surface area (Å²) in [7, 11) is 2.09. The molecule has 4 nitrogen and oxygen atoms in total. The van der Waals surface area contributed by atoms with Gasteiger partial charge in [-0.25, -0.2) is 0 Å². The highest BCUT2D eigenvalue weighted by atomic mass is 16.2. The second-order valence-corrected chi connectivity index (χ2v) is 7.03. The van der Waals surface area contributed by atoms with E-state index in [1.54, 1.807) is 0 Å². The van der Waals surface area contributed by atoms with Crippen molar-refractivity contribution in [3.63, 3.8) is 0 Å². The van der Waals surface area contributed by atoms with E-state index in [0.29, 0.717) is 12.6 Å². The van der Waals surface area contributed by atoms with E-state index >= 15 is 0 Å². The fourth-order valence-corrected chi connectivity index (χ4v) is 4.11. The summed E-state index contributed by atoms with van der Waals surface area (Å²) in [5, 5.41) is 3.22. The molecule has 2 N–H and O–H groups in total. The van der Waals surface area contributed by atoms with Gasteiger partial charge in [0.25, 0.3) is 5.91 Å². The summed E-state index contributed by atoms with van der Waals surface area (Å²) in [4.78, 5) is 14.1. The number of para-hydroxylation sites is 1. The maximum atomic E-state index is 12.8. The highest BCUT2D eigenvalue weighted by Crippen LogP contribution is 2.23. The number of anilines is 1. The van der Waals surface area contributed by atoms with Gasteiger partial charge in [-0.1, -0.05) is 32.0 Å². The lowest BCUT2D eigenvalue weighted by Gasteiger charge is -2.22. The van der Waals surface area contributed by atoms with Crippen molar-refractivity contribution in [1.82, 2.24) is 4.57 Å². The molecule has 1 amide bonds. The van der Waals surface area contributed by atoms with Gasteiger partial charge in [-0.2, -0.15) is 0 Å². The number of nitrogens with zero attached hydrogens (tertiary/aromatic N) is 1. The average Bonchev–Trinajstić information content (AvgIpc) is 3.23. The Kier molecular flexibility index (Phi) is 5.59. The van der Waals surface area contributed by atoms with Crippen LogP contribution in [-0.2, 0) is 24.7 Å². The minimum atomic E-state index is 0.131. The summed E-state index contributed by atoms with van der Waals surface area (Å²) < 4.78 is 2.19. The van der Waals surface area contributed by atoms with Gasteiger partial charge in [0.1, 0.15) is 6.04 Å². The van der Waals surface area contributed by atoms with Gasteiger partial charge in [0.05, 0.1) is 12.2 Å². The minimum absolute atomic E-state index is 0.131. The number of quaternary nitrogens is 1. The van der Waals surface area contributed by atoms with Crippen LogP contribution in [0.2, 0.25) is 0 Å². The maximum absolute atomic E-state index is 12.8. The second kappa shape index (κ2) is 7.87. The Bertz CT molecular complexity index is 712. The van der Waals surface area contributed by atoms with Gasteiger partial charge < -0.3 is 14.8 Å². The van der Waals surface area contributed by atoms with Gasteiger partial charge in [-0.05, 0) is 36.1 Å². The fourth-order valence-electron chi connectivity index (χ4n) is 4.11. The molecule has 134 valence electrons. The van der Waals surface area contributed by atoms with Crippen LogP contribution < -0.4 is 10.2 Å². The highest BCUT2D eigenvalue weighted by Gasteiger charge is 2.33. The van der Waals surface area contributed by atoms with Crippen molar-refractivity contribution in [2.24, 2.45) is 7.05 Å². The average molecular weight is 340 g/mol. The van der Waals surface area contributed by atoms with Crippen LogP contribution in [0.4, 0.5) is 5.69 Å². The monoisotopic (exact) mass is 340 g/mol. The molecule has 2 heterocycles. The molecule has 1 unspecified atom stereocenters. The predicted octanol–water partition coefficient (Wildman–Crippen LogP) is 2.51. The number of carbonyl (C=O) groups excluding carboxylic acids is 1. The van der Waals surface area contributed by atoms with E-state index in [1.165, 1.54) is 28.1 Å². The van der Waals surface area contributed by atoms with Crippen LogP contribution in [0.15, 0.2) is 36.5 Å². The largest absolute Gasteiger partial charge is 0.350 e. The van der Waals surface area contributed by atoms with Crippen molar-refractivity contribution in [1.29, 1.82) is 0 Å². The molecule has 25 heavy (non-hydrogen) atoms. The molecule has 0 aliphatic carbocycles. The number of carbonyl (C=O) groups is 1. The number of likely N-dealkylation sites (tertiary alicyclic amines) is 1. The Morgan fingerprint density at radius 1 is 1.20 bits per heavy atom. The van der Waals surface area contributed by atoms with Crippen molar-refractivity contribution < 1.29 is 9.69 Å². The molecular weight excluding hydrogens is 310 g/mol. The molecule has 1 saturated heterocycles. The number of hydrogen-bond acceptors (Lipinski definition) is 1. The van der Waals surface area contributed by atoms with Crippen molar-refractivity contribution in [2.75, 3.05) is 18.4 Å². The van der Waals surface area contributed by atoms with Crippen LogP contribution in [0.25, 0.3) is 0 Å². The Morgan fingerprint density at radius 3 is 2.52 bits per heavy atom. The van der Waals surface area contributed by atoms with E-state index in [4.69, 9.17) is 0 Å². The summed E-state index contributed by atoms with van der Waals surface area (Å²) >= 11 is 0. The van der Waals surface area contributed by atoms with E-state index in [0.717, 1.165) is 31.5 Å². The summed E-state index contributed by atoms with van der Waals surface area (Å²) in [5.74, 6) is 0.131. The van der Waals surface area contributed by atoms with Crippen LogP contribution >= 0.6 is 0 Å². The number of rotatable bonds is 6. The lowest BCUT2D eigenvalue weighted by atomic mass is 10.0. The maximum Gasteiger partial charge on any atom is 0.279 e. The number of benzene rings is 1. The van der Waals surface area contributed by atoms with Gasteiger partial charge >= 0.3 is 0 Å². The molecule has 1 aromatic heterocycles. The van der Waals surface area contributed by atoms with Gasteiger partial charge in [0, 0.05) is 31.8 Å². The third kappa shape index (κ3) is 3.79. The van der Waals surface area contributed by atoms with Crippen LogP contribution in [-0.4, -0.2) is 23.6 Å². The van der Waals surface area contributed by atoms with Gasteiger partial charge in [0.2, 0.25) is 0 Å². The number of amides is 1. The minimum Gasteiger partial charge on any atom is -0.350 e. The molecule has 1 aliphatic heterocycles. The fraction of sp³-hybridized carbons (Fsp3) is 0.476. The van der Waals surface area contributed by atoms with Crippen LogP contribution in [0.1, 0.15) is 49.6 Å². The number of hydrogen-bond donors (Lipinski definition) is 2.